The van der Waals surface area contributed by atoms with Gasteiger partial charge in [-0.15, -0.1) is 0 Å². The minimum atomic E-state index is -0.675. The molecule has 3 atom stereocenters. The lowest BCUT2D eigenvalue weighted by Gasteiger charge is -2.38. The van der Waals surface area contributed by atoms with Crippen LogP contribution in [-0.4, -0.2) is 38.5 Å². The summed E-state index contributed by atoms with van der Waals surface area (Å²) in [7, 11) is 1.79. The molecule has 2 saturated heterocycles. The second kappa shape index (κ2) is 8.79. The number of carbonyl (C=O) groups is 1. The van der Waals surface area contributed by atoms with Crippen molar-refractivity contribution in [2.75, 3.05) is 0 Å². The molecular weight excluding hydrogens is 472 g/mol. The summed E-state index contributed by atoms with van der Waals surface area (Å²) in [5, 5.41) is 9.18. The molecule has 0 unspecified atom stereocenters. The number of fused-ring (bicyclic) bond motifs is 3. The van der Waals surface area contributed by atoms with E-state index < -0.39 is 11.6 Å². The molecule has 6 rings (SSSR count). The van der Waals surface area contributed by atoms with Gasteiger partial charge in [-0.1, -0.05) is 12.1 Å². The number of nitrogens with two attached hydrogens (primary N) is 1. The van der Waals surface area contributed by atoms with Gasteiger partial charge in [0.05, 0.1) is 22.9 Å². The fourth-order valence-corrected chi connectivity index (χ4v) is 5.98. The Kier molecular flexibility index (Phi) is 5.54. The minimum Gasteiger partial charge on any atom is -0.334 e. The van der Waals surface area contributed by atoms with Crippen molar-refractivity contribution in [3.63, 3.8) is 0 Å². The van der Waals surface area contributed by atoms with Gasteiger partial charge in [0.1, 0.15) is 17.7 Å². The number of aromatic nitrogens is 2. The van der Waals surface area contributed by atoms with Crippen LogP contribution in [0.4, 0.5) is 8.78 Å². The standard InChI is InChI=1S/C29H25F2N5O/c1-35-15-34-27-12-24(26(31)13-28(27)35)22-7-4-17(8-23(22)16-2-3-18(14-32)25(30)9-16)29(37)36-20-5-6-21(36)11-19(33)10-20/h2-4,7-9,12-13,15,19-21H,5-6,10-11,33H2,1H3/t19-,20-,21+. The van der Waals surface area contributed by atoms with Crippen molar-refractivity contribution in [2.24, 2.45) is 12.8 Å². The van der Waals surface area contributed by atoms with E-state index in [1.54, 1.807) is 48.3 Å². The SMILES string of the molecule is Cn1cnc2cc(-c3ccc(C(=O)N4[C@@H]5CC[C@H]4C[C@H](N)C5)cc3-c3ccc(C#N)c(F)c3)c(F)cc21. The average Bonchev–Trinajstić information content (AvgIpc) is 3.38. The highest BCUT2D eigenvalue weighted by molar-refractivity contribution is 5.99. The molecule has 2 aliphatic rings. The van der Waals surface area contributed by atoms with Crippen molar-refractivity contribution in [3.8, 4) is 28.3 Å². The molecule has 186 valence electrons. The lowest BCUT2D eigenvalue weighted by Crippen LogP contribution is -2.50. The van der Waals surface area contributed by atoms with E-state index in [2.05, 4.69) is 4.98 Å². The Morgan fingerprint density at radius 1 is 1.00 bits per heavy atom. The summed E-state index contributed by atoms with van der Waals surface area (Å²) in [5.41, 5.74) is 9.60. The maximum atomic E-state index is 15.4. The molecule has 4 aromatic rings. The number of imidazole rings is 1. The van der Waals surface area contributed by atoms with E-state index in [-0.39, 0.29) is 29.6 Å². The molecule has 3 heterocycles. The third-order valence-corrected chi connectivity index (χ3v) is 7.78. The van der Waals surface area contributed by atoms with Gasteiger partial charge in [0.25, 0.3) is 5.91 Å². The highest BCUT2D eigenvalue weighted by atomic mass is 19.1. The topological polar surface area (TPSA) is 87.9 Å². The van der Waals surface area contributed by atoms with E-state index >= 15 is 4.39 Å². The summed E-state index contributed by atoms with van der Waals surface area (Å²) in [4.78, 5) is 20.0. The van der Waals surface area contributed by atoms with Gasteiger partial charge >= 0.3 is 0 Å². The number of hydrogen-bond acceptors (Lipinski definition) is 4. The number of hydrogen-bond donors (Lipinski definition) is 1. The summed E-state index contributed by atoms with van der Waals surface area (Å²) in [5.74, 6) is -1.22. The summed E-state index contributed by atoms with van der Waals surface area (Å²) in [6.07, 6.45) is 5.05. The number of rotatable bonds is 3. The molecule has 6 nitrogen and oxygen atoms in total. The van der Waals surface area contributed by atoms with E-state index in [9.17, 15) is 14.4 Å². The van der Waals surface area contributed by atoms with E-state index in [1.807, 2.05) is 11.0 Å². The zero-order valence-corrected chi connectivity index (χ0v) is 20.3. The Bertz CT molecular complexity index is 1590. The smallest absolute Gasteiger partial charge is 0.254 e. The van der Waals surface area contributed by atoms with Crippen LogP contribution < -0.4 is 5.73 Å². The summed E-state index contributed by atoms with van der Waals surface area (Å²) in [6.45, 7) is 0. The predicted octanol–water partition coefficient (Wildman–Crippen LogP) is 5.15. The maximum Gasteiger partial charge on any atom is 0.254 e. The molecule has 2 bridgehead atoms. The molecule has 0 radical (unpaired) electrons. The Morgan fingerprint density at radius 2 is 1.76 bits per heavy atom. The number of aryl methyl sites for hydroxylation is 1. The van der Waals surface area contributed by atoms with E-state index in [0.717, 1.165) is 25.7 Å². The Balaban J connectivity index is 1.50. The van der Waals surface area contributed by atoms with Crippen molar-refractivity contribution < 1.29 is 13.6 Å². The number of nitriles is 1. The average molecular weight is 498 g/mol. The van der Waals surface area contributed by atoms with Gasteiger partial charge in [0.2, 0.25) is 0 Å². The van der Waals surface area contributed by atoms with Crippen LogP contribution in [0.5, 0.6) is 0 Å². The minimum absolute atomic E-state index is 0.0835. The molecule has 3 aromatic carbocycles. The van der Waals surface area contributed by atoms with Crippen LogP contribution in [0.3, 0.4) is 0 Å². The van der Waals surface area contributed by atoms with Crippen molar-refractivity contribution in [1.82, 2.24) is 14.5 Å². The van der Waals surface area contributed by atoms with Gasteiger partial charge in [-0.05, 0) is 72.7 Å². The first-order valence-corrected chi connectivity index (χ1v) is 12.4. The van der Waals surface area contributed by atoms with E-state index in [1.165, 1.54) is 18.2 Å². The molecule has 2 fully saturated rings. The molecule has 8 heteroatoms. The van der Waals surface area contributed by atoms with Crippen molar-refractivity contribution >= 4 is 16.9 Å². The van der Waals surface area contributed by atoms with Crippen molar-refractivity contribution in [1.29, 1.82) is 5.26 Å². The van der Waals surface area contributed by atoms with Crippen molar-refractivity contribution in [2.45, 2.75) is 43.8 Å². The molecule has 2 aliphatic heterocycles. The monoisotopic (exact) mass is 497 g/mol. The fourth-order valence-electron chi connectivity index (χ4n) is 5.98. The van der Waals surface area contributed by atoms with Gasteiger partial charge in [-0.3, -0.25) is 4.79 Å². The first-order chi connectivity index (χ1) is 17.8. The van der Waals surface area contributed by atoms with Crippen LogP contribution in [0.15, 0.2) is 54.9 Å². The largest absolute Gasteiger partial charge is 0.334 e. The molecule has 1 amide bonds. The number of nitrogens with zero attached hydrogens (tertiary/aromatic N) is 4. The highest BCUT2D eigenvalue weighted by Gasteiger charge is 2.42. The Morgan fingerprint density at radius 3 is 2.46 bits per heavy atom. The maximum absolute atomic E-state index is 15.4. The number of carbonyl (C=O) groups excluding carboxylic acids is 1. The van der Waals surface area contributed by atoms with Gasteiger partial charge in [-0.25, -0.2) is 13.8 Å². The fraction of sp³-hybridized carbons (Fsp3) is 0.276. The van der Waals surface area contributed by atoms with Crippen molar-refractivity contribution in [3.05, 3.63) is 77.6 Å². The van der Waals surface area contributed by atoms with Crippen LogP contribution in [0.1, 0.15) is 41.6 Å². The normalized spacial score (nSPS) is 20.8. The van der Waals surface area contributed by atoms with Crippen LogP contribution in [0.2, 0.25) is 0 Å². The second-order valence-electron chi connectivity index (χ2n) is 10.1. The first-order valence-electron chi connectivity index (χ1n) is 12.4. The second-order valence-corrected chi connectivity index (χ2v) is 10.1. The third-order valence-electron chi connectivity index (χ3n) is 7.78. The molecule has 2 N–H and O–H groups in total. The molecule has 0 spiro atoms. The molecule has 0 aliphatic carbocycles. The van der Waals surface area contributed by atoms with Gasteiger partial charge in [0.15, 0.2) is 0 Å². The molecule has 1 aromatic heterocycles. The lowest BCUT2D eigenvalue weighted by molar-refractivity contribution is 0.0575. The summed E-state index contributed by atoms with van der Waals surface area (Å²) >= 11 is 0. The quantitative estimate of drug-likeness (QED) is 0.424. The first kappa shape index (κ1) is 23.3. The van der Waals surface area contributed by atoms with Gasteiger partial charge in [-0.2, -0.15) is 5.26 Å². The third kappa shape index (κ3) is 3.87. The number of benzene rings is 3. The van der Waals surface area contributed by atoms with Gasteiger partial charge in [0, 0.05) is 42.4 Å². The summed E-state index contributed by atoms with van der Waals surface area (Å²) < 4.78 is 31.8. The molecular formula is C29H25F2N5O. The van der Waals surface area contributed by atoms with Crippen LogP contribution >= 0.6 is 0 Å². The van der Waals surface area contributed by atoms with E-state index in [4.69, 9.17) is 5.73 Å². The Hall–Kier alpha value is -4.09. The predicted molar refractivity (Wildman–Crippen MR) is 136 cm³/mol. The number of halogens is 2. The van der Waals surface area contributed by atoms with Crippen LogP contribution in [0, 0.1) is 23.0 Å². The lowest BCUT2D eigenvalue weighted by atomic mass is 9.90. The Labute approximate surface area is 212 Å². The number of piperidine rings is 1. The summed E-state index contributed by atoms with van der Waals surface area (Å²) in [6, 6.07) is 14.6. The van der Waals surface area contributed by atoms with Crippen LogP contribution in [-0.2, 0) is 7.05 Å². The molecule has 37 heavy (non-hydrogen) atoms. The molecule has 0 saturated carbocycles. The zero-order valence-electron chi connectivity index (χ0n) is 20.3. The van der Waals surface area contributed by atoms with Crippen LogP contribution in [0.25, 0.3) is 33.3 Å². The number of amides is 1. The highest BCUT2D eigenvalue weighted by Crippen LogP contribution is 2.39. The zero-order chi connectivity index (χ0) is 25.8. The van der Waals surface area contributed by atoms with E-state index in [0.29, 0.717) is 38.9 Å². The van der Waals surface area contributed by atoms with Gasteiger partial charge < -0.3 is 15.2 Å².